The van der Waals surface area contributed by atoms with E-state index in [1.165, 1.54) is 4.90 Å². The van der Waals surface area contributed by atoms with Gasteiger partial charge in [-0.3, -0.25) is 19.2 Å². The van der Waals surface area contributed by atoms with E-state index in [0.717, 1.165) is 24.8 Å². The molecule has 4 aliphatic rings. The Bertz CT molecular complexity index is 1980. The van der Waals surface area contributed by atoms with Gasteiger partial charge in [-0.1, -0.05) is 84.9 Å². The maximum absolute atomic E-state index is 14.5. The van der Waals surface area contributed by atoms with E-state index < -0.39 is 71.7 Å². The van der Waals surface area contributed by atoms with Gasteiger partial charge >= 0.3 is 5.97 Å². The standard InChI is InChI=1S/C52H79N5O10/c1-31-16-12-11-13-17-32(2)45(65-10)28-41-21-19-38(8)52(64,67-41)49(61)50(62)56-23-15-14-18-43(56)51(63)66-46(35(5)27-40-20-22-42(33(3)26-40)57-30-53-54-55-57)29-44(58)34(4)25-37(7)48(60)39(9)47(59)36(6)24-31/h11-13,16-17,25,30-31,33-36,38-43,45-46,48,60,64H,14-15,18-24,26-29H2,1-10H3/b13-11+,16-12+,32-17+,37-25+/t31-,33-,34-,35-,36-,38-,39+,40-,41+,42-,43+,45+,46+,48-,52-/m1/s1. The number of cyclic esters (lactones) is 1. The summed E-state index contributed by atoms with van der Waals surface area (Å²) in [4.78, 5) is 72.0. The molecule has 1 amide bonds. The highest BCUT2D eigenvalue weighted by Crippen LogP contribution is 2.41. The Balaban J connectivity index is 1.44. The first-order valence-electron chi connectivity index (χ1n) is 24.9. The Morgan fingerprint density at radius 1 is 0.910 bits per heavy atom. The molecular formula is C52H79N5O10. The summed E-state index contributed by atoms with van der Waals surface area (Å²) >= 11 is 0. The monoisotopic (exact) mass is 934 g/mol. The smallest absolute Gasteiger partial charge is 0.329 e. The van der Waals surface area contributed by atoms with E-state index in [0.29, 0.717) is 50.5 Å². The lowest BCUT2D eigenvalue weighted by Crippen LogP contribution is -2.61. The molecule has 2 saturated heterocycles. The first-order valence-corrected chi connectivity index (χ1v) is 24.9. The first-order chi connectivity index (χ1) is 31.7. The quantitative estimate of drug-likeness (QED) is 0.170. The number of piperidine rings is 1. The summed E-state index contributed by atoms with van der Waals surface area (Å²) in [5.74, 6) is -7.49. The molecule has 0 spiro atoms. The van der Waals surface area contributed by atoms with Gasteiger partial charge in [0.05, 0.1) is 24.4 Å². The van der Waals surface area contributed by atoms with Gasteiger partial charge in [-0.2, -0.15) is 0 Å². The van der Waals surface area contributed by atoms with Crippen LogP contribution >= 0.6 is 0 Å². The molecular weight excluding hydrogens is 855 g/mol. The number of ether oxygens (including phenoxy) is 3. The number of esters is 1. The summed E-state index contributed by atoms with van der Waals surface area (Å²) in [6, 6.07) is -0.942. The fourth-order valence-corrected chi connectivity index (χ4v) is 11.0. The van der Waals surface area contributed by atoms with Gasteiger partial charge in [0.15, 0.2) is 0 Å². The molecule has 1 aromatic rings. The molecule has 4 heterocycles. The number of aromatic nitrogens is 4. The lowest BCUT2D eigenvalue weighted by molar-refractivity contribution is -0.265. The molecule has 3 fully saturated rings. The van der Waals surface area contributed by atoms with Crippen molar-refractivity contribution < 1.29 is 48.4 Å². The predicted molar refractivity (Wildman–Crippen MR) is 253 cm³/mol. The topological polar surface area (TPSA) is 200 Å². The van der Waals surface area contributed by atoms with Crippen molar-refractivity contribution in [2.75, 3.05) is 13.7 Å². The molecule has 5 rings (SSSR count). The zero-order valence-corrected chi connectivity index (χ0v) is 41.7. The lowest BCUT2D eigenvalue weighted by atomic mass is 9.74. The molecule has 2 bridgehead atoms. The number of Topliss-reactive ketones (excluding diaryl/α,β-unsaturated/α-hetero) is 3. The number of hydrogen-bond acceptors (Lipinski definition) is 13. The SMILES string of the molecule is CO[C@H]1C[C@@H]2CC[C@@H](C)[C@@](O)(O2)C(=O)C(=O)N2CCCC[C@H]2C(=O)O[C@H]([C@H](C)C[C@@H]2CC[C@@H](n3cnnn3)[C@H](C)C2)CC(=O)[C@H](C)/C=C(\C)[C@@H](O)[C@@H](C)C(=O)[C@H](C)C[C@H](C)/C=C/C=C/C=C/1C. The van der Waals surface area contributed by atoms with E-state index in [2.05, 4.69) is 22.4 Å². The second kappa shape index (κ2) is 24.4. The van der Waals surface area contributed by atoms with Gasteiger partial charge in [0.25, 0.3) is 11.7 Å². The number of carbonyl (C=O) groups excluding carboxylic acids is 5. The maximum Gasteiger partial charge on any atom is 0.329 e. The Morgan fingerprint density at radius 2 is 1.66 bits per heavy atom. The molecule has 15 heteroatoms. The number of carbonyl (C=O) groups is 5. The van der Waals surface area contributed by atoms with Crippen molar-refractivity contribution in [1.29, 1.82) is 0 Å². The summed E-state index contributed by atoms with van der Waals surface area (Å²) in [5.41, 5.74) is 1.41. The van der Waals surface area contributed by atoms with E-state index in [1.54, 1.807) is 47.2 Å². The van der Waals surface area contributed by atoms with Crippen LogP contribution in [0.15, 0.2) is 53.9 Å². The molecule has 1 saturated carbocycles. The molecule has 0 aromatic carbocycles. The number of allylic oxidation sites excluding steroid dienone is 6. The zero-order valence-electron chi connectivity index (χ0n) is 41.7. The van der Waals surface area contributed by atoms with E-state index in [1.807, 2.05) is 62.8 Å². The number of hydrogen-bond donors (Lipinski definition) is 2. The fourth-order valence-electron chi connectivity index (χ4n) is 11.0. The number of fused-ring (bicyclic) bond motifs is 3. The third kappa shape index (κ3) is 13.8. The number of amides is 1. The third-order valence-electron chi connectivity index (χ3n) is 15.3. The van der Waals surface area contributed by atoms with Gasteiger partial charge in [0.2, 0.25) is 5.79 Å². The van der Waals surface area contributed by atoms with Crippen molar-refractivity contribution in [3.63, 3.8) is 0 Å². The third-order valence-corrected chi connectivity index (χ3v) is 15.3. The highest BCUT2D eigenvalue weighted by Gasteiger charge is 2.53. The summed E-state index contributed by atoms with van der Waals surface area (Å²) in [6.45, 7) is 17.0. The molecule has 67 heavy (non-hydrogen) atoms. The van der Waals surface area contributed by atoms with E-state index >= 15 is 0 Å². The minimum absolute atomic E-state index is 0.0583. The fraction of sp³-hybridized carbons (Fsp3) is 0.731. The maximum atomic E-state index is 14.5. The van der Waals surface area contributed by atoms with E-state index in [-0.39, 0.29) is 66.6 Å². The molecule has 372 valence electrons. The van der Waals surface area contributed by atoms with Crippen LogP contribution < -0.4 is 0 Å². The number of methoxy groups -OCH3 is 1. The van der Waals surface area contributed by atoms with Crippen LogP contribution in [0.3, 0.4) is 0 Å². The normalized spacial score (nSPS) is 39.6. The summed E-state index contributed by atoms with van der Waals surface area (Å²) < 4.78 is 20.2. The van der Waals surface area contributed by atoms with Crippen LogP contribution in [0.4, 0.5) is 0 Å². The highest BCUT2D eigenvalue weighted by molar-refractivity contribution is 6.39. The van der Waals surface area contributed by atoms with Crippen molar-refractivity contribution in [3.8, 4) is 0 Å². The van der Waals surface area contributed by atoms with Crippen LogP contribution in [0.25, 0.3) is 0 Å². The minimum atomic E-state index is -2.41. The largest absolute Gasteiger partial charge is 0.460 e. The Labute approximate surface area is 398 Å². The molecule has 3 aliphatic heterocycles. The number of tetrazole rings is 1. The summed E-state index contributed by atoms with van der Waals surface area (Å²) in [6.07, 6.45) is 16.6. The minimum Gasteiger partial charge on any atom is -0.460 e. The number of aliphatic hydroxyl groups is 2. The zero-order chi connectivity index (χ0) is 49.2. The predicted octanol–water partition coefficient (Wildman–Crippen LogP) is 7.29. The molecule has 1 aliphatic carbocycles. The second-order valence-electron chi connectivity index (χ2n) is 20.7. The van der Waals surface area contributed by atoms with Crippen LogP contribution in [0, 0.1) is 47.3 Å². The Kier molecular flexibility index (Phi) is 19.6. The average molecular weight is 934 g/mol. The van der Waals surface area contributed by atoms with Crippen LogP contribution in [-0.2, 0) is 38.2 Å². The number of ketones is 3. The van der Waals surface area contributed by atoms with E-state index in [4.69, 9.17) is 14.2 Å². The second-order valence-corrected chi connectivity index (χ2v) is 20.7. The Hall–Kier alpha value is -4.18. The van der Waals surface area contributed by atoms with Crippen molar-refractivity contribution in [2.45, 2.75) is 182 Å². The molecule has 2 N–H and O–H groups in total. The van der Waals surface area contributed by atoms with E-state index in [9.17, 15) is 34.2 Å². The summed E-state index contributed by atoms with van der Waals surface area (Å²) in [5, 5.41) is 35.2. The molecule has 0 radical (unpaired) electrons. The van der Waals surface area contributed by atoms with Crippen molar-refractivity contribution in [3.05, 3.63) is 53.9 Å². The van der Waals surface area contributed by atoms with Gasteiger partial charge in [-0.15, -0.1) is 5.10 Å². The lowest BCUT2D eigenvalue weighted by Gasteiger charge is -2.42. The van der Waals surface area contributed by atoms with Gasteiger partial charge in [-0.05, 0) is 123 Å². The van der Waals surface area contributed by atoms with Crippen LogP contribution in [0.1, 0.15) is 145 Å². The molecule has 1 aromatic heterocycles. The van der Waals surface area contributed by atoms with Crippen LogP contribution in [0.2, 0.25) is 0 Å². The summed E-state index contributed by atoms with van der Waals surface area (Å²) in [7, 11) is 1.59. The van der Waals surface area contributed by atoms with Crippen molar-refractivity contribution >= 4 is 29.2 Å². The van der Waals surface area contributed by atoms with Crippen LogP contribution in [-0.4, -0.2) is 114 Å². The van der Waals surface area contributed by atoms with Gasteiger partial charge < -0.3 is 29.3 Å². The number of nitrogens with zero attached hydrogens (tertiary/aromatic N) is 5. The van der Waals surface area contributed by atoms with Crippen LogP contribution in [0.5, 0.6) is 0 Å². The average Bonchev–Trinajstić information content (AvgIpc) is 3.84. The number of aliphatic hydroxyl groups excluding tert-OH is 1. The number of rotatable bonds is 5. The van der Waals surface area contributed by atoms with Crippen molar-refractivity contribution in [2.24, 2.45) is 47.3 Å². The van der Waals surface area contributed by atoms with Gasteiger partial charge in [0, 0.05) is 50.2 Å². The molecule has 0 unspecified atom stereocenters. The van der Waals surface area contributed by atoms with Crippen molar-refractivity contribution in [1.82, 2.24) is 25.1 Å². The molecule has 15 nitrogen and oxygen atoms in total. The molecule has 15 atom stereocenters. The highest BCUT2D eigenvalue weighted by atomic mass is 16.6. The van der Waals surface area contributed by atoms with Gasteiger partial charge in [-0.25, -0.2) is 9.48 Å². The first kappa shape index (κ1) is 53.8. The van der Waals surface area contributed by atoms with Gasteiger partial charge in [0.1, 0.15) is 30.0 Å². The Morgan fingerprint density at radius 3 is 2.34 bits per heavy atom.